The molecule has 0 heterocycles. The minimum absolute atomic E-state index is 0.243. The van der Waals surface area contributed by atoms with Crippen LogP contribution in [0.4, 0.5) is 0 Å². The second-order valence-electron chi connectivity index (χ2n) is 6.05. The summed E-state index contributed by atoms with van der Waals surface area (Å²) in [5, 5.41) is 0. The van der Waals surface area contributed by atoms with Crippen LogP contribution in [0, 0.1) is 23.7 Å². The van der Waals surface area contributed by atoms with Crippen LogP contribution in [-0.4, -0.2) is 0 Å². The van der Waals surface area contributed by atoms with Gasteiger partial charge < -0.3 is 0 Å². The van der Waals surface area contributed by atoms with Crippen molar-refractivity contribution in [3.63, 3.8) is 0 Å². The molecule has 1 aliphatic rings. The Balaban J connectivity index is 2.71. The fourth-order valence-electron chi connectivity index (χ4n) is 1.93. The molecule has 1 radical (unpaired) electrons. The molecule has 85 valence electrons. The fraction of sp³-hybridized carbons (Fsp3) is 0.667. The molecule has 1 atom stereocenters. The van der Waals surface area contributed by atoms with Crippen molar-refractivity contribution in [1.29, 1.82) is 0 Å². The van der Waals surface area contributed by atoms with E-state index < -0.39 is 0 Å². The van der Waals surface area contributed by atoms with Gasteiger partial charge in [0, 0.05) is 0 Å². The Labute approximate surface area is 95.5 Å². The molecule has 0 saturated carbocycles. The van der Waals surface area contributed by atoms with E-state index in [-0.39, 0.29) is 5.41 Å². The van der Waals surface area contributed by atoms with E-state index in [0.717, 1.165) is 6.42 Å². The minimum atomic E-state index is 0.243. The second kappa shape index (κ2) is 4.15. The standard InChI is InChI=1S/C15H25/c1-7-14(3,4)11-10-13-9-8-12(2)15(13,5)6/h8,10-11,13H,1,7,9H2,2-6H3/b11-10+. The second-order valence-corrected chi connectivity index (χ2v) is 6.05. The molecular formula is C15H25. The summed E-state index contributed by atoms with van der Waals surface area (Å²) in [4.78, 5) is 0. The van der Waals surface area contributed by atoms with E-state index in [9.17, 15) is 0 Å². The molecule has 0 aromatic rings. The van der Waals surface area contributed by atoms with E-state index in [4.69, 9.17) is 0 Å². The van der Waals surface area contributed by atoms with Gasteiger partial charge in [0.2, 0.25) is 0 Å². The first-order chi connectivity index (χ1) is 6.79. The lowest BCUT2D eigenvalue weighted by atomic mass is 9.76. The van der Waals surface area contributed by atoms with Crippen molar-refractivity contribution in [2.24, 2.45) is 16.7 Å². The molecule has 15 heavy (non-hydrogen) atoms. The highest BCUT2D eigenvalue weighted by molar-refractivity contribution is 5.22. The molecule has 0 fully saturated rings. The summed E-state index contributed by atoms with van der Waals surface area (Å²) in [7, 11) is 0. The lowest BCUT2D eigenvalue weighted by Gasteiger charge is -2.28. The average molecular weight is 205 g/mol. The summed E-state index contributed by atoms with van der Waals surface area (Å²) in [5.74, 6) is 0.670. The van der Waals surface area contributed by atoms with Crippen LogP contribution in [0.5, 0.6) is 0 Å². The Hall–Kier alpha value is -0.520. The Morgan fingerprint density at radius 2 is 2.13 bits per heavy atom. The van der Waals surface area contributed by atoms with Gasteiger partial charge in [0.05, 0.1) is 0 Å². The number of rotatable bonds is 3. The summed E-state index contributed by atoms with van der Waals surface area (Å²) in [5.41, 5.74) is 2.12. The van der Waals surface area contributed by atoms with E-state index in [2.05, 4.69) is 59.8 Å². The zero-order valence-corrected chi connectivity index (χ0v) is 10.9. The van der Waals surface area contributed by atoms with Crippen molar-refractivity contribution in [3.05, 3.63) is 30.7 Å². The monoisotopic (exact) mass is 205 g/mol. The first-order valence-electron chi connectivity index (χ1n) is 5.95. The van der Waals surface area contributed by atoms with Crippen LogP contribution >= 0.6 is 0 Å². The quantitative estimate of drug-likeness (QED) is 0.581. The van der Waals surface area contributed by atoms with Crippen molar-refractivity contribution in [2.45, 2.75) is 47.5 Å². The molecular weight excluding hydrogens is 180 g/mol. The van der Waals surface area contributed by atoms with Crippen LogP contribution in [0.2, 0.25) is 0 Å². The molecule has 0 aliphatic heterocycles. The maximum absolute atomic E-state index is 3.99. The molecule has 1 rings (SSSR count). The zero-order valence-electron chi connectivity index (χ0n) is 10.9. The van der Waals surface area contributed by atoms with Crippen molar-refractivity contribution in [3.8, 4) is 0 Å². The smallest absolute Gasteiger partial charge is 0.00817 e. The van der Waals surface area contributed by atoms with Crippen molar-refractivity contribution < 1.29 is 0 Å². The lowest BCUT2D eigenvalue weighted by Crippen LogP contribution is -2.19. The Bertz CT molecular complexity index is 276. The normalized spacial score (nSPS) is 26.0. The summed E-state index contributed by atoms with van der Waals surface area (Å²) in [6.45, 7) is 15.4. The Morgan fingerprint density at radius 1 is 1.53 bits per heavy atom. The van der Waals surface area contributed by atoms with E-state index in [0.29, 0.717) is 11.3 Å². The maximum Gasteiger partial charge on any atom is -0.00817 e. The minimum Gasteiger partial charge on any atom is -0.0844 e. The van der Waals surface area contributed by atoms with Crippen molar-refractivity contribution in [1.82, 2.24) is 0 Å². The molecule has 0 saturated heterocycles. The fourth-order valence-corrected chi connectivity index (χ4v) is 1.93. The highest BCUT2D eigenvalue weighted by atomic mass is 14.4. The molecule has 0 aromatic carbocycles. The maximum atomic E-state index is 3.99. The molecule has 0 amide bonds. The molecule has 0 spiro atoms. The number of hydrogen-bond acceptors (Lipinski definition) is 0. The topological polar surface area (TPSA) is 0 Å². The van der Waals surface area contributed by atoms with Gasteiger partial charge in [-0.15, -0.1) is 0 Å². The predicted molar refractivity (Wildman–Crippen MR) is 68.5 cm³/mol. The third kappa shape index (κ3) is 2.74. The van der Waals surface area contributed by atoms with E-state index in [1.165, 1.54) is 12.0 Å². The van der Waals surface area contributed by atoms with Crippen LogP contribution in [0.15, 0.2) is 23.8 Å². The van der Waals surface area contributed by atoms with Crippen LogP contribution in [0.3, 0.4) is 0 Å². The van der Waals surface area contributed by atoms with Crippen molar-refractivity contribution in [2.75, 3.05) is 0 Å². The SMILES string of the molecule is [CH2]CC(C)(C)/C=C/C1CC=C(C)C1(C)C. The van der Waals surface area contributed by atoms with Crippen LogP contribution < -0.4 is 0 Å². The first-order valence-corrected chi connectivity index (χ1v) is 5.95. The summed E-state index contributed by atoms with van der Waals surface area (Å²) >= 11 is 0. The summed E-state index contributed by atoms with van der Waals surface area (Å²) in [6, 6.07) is 0. The molecule has 0 N–H and O–H groups in total. The van der Waals surface area contributed by atoms with Gasteiger partial charge in [-0.2, -0.15) is 0 Å². The molecule has 0 nitrogen and oxygen atoms in total. The molecule has 1 unspecified atom stereocenters. The largest absolute Gasteiger partial charge is 0.0844 e. The van der Waals surface area contributed by atoms with Gasteiger partial charge in [-0.3, -0.25) is 0 Å². The Morgan fingerprint density at radius 3 is 2.53 bits per heavy atom. The van der Waals surface area contributed by atoms with Crippen LogP contribution in [0.25, 0.3) is 0 Å². The van der Waals surface area contributed by atoms with Crippen molar-refractivity contribution >= 4 is 0 Å². The average Bonchev–Trinajstić information content (AvgIpc) is 2.40. The molecule has 1 aliphatic carbocycles. The van der Waals surface area contributed by atoms with Crippen LogP contribution in [0.1, 0.15) is 47.5 Å². The summed E-state index contributed by atoms with van der Waals surface area (Å²) in [6.07, 6.45) is 9.29. The van der Waals surface area contributed by atoms with E-state index >= 15 is 0 Å². The third-order valence-corrected chi connectivity index (χ3v) is 4.05. The first kappa shape index (κ1) is 12.5. The summed E-state index contributed by atoms with van der Waals surface area (Å²) < 4.78 is 0. The third-order valence-electron chi connectivity index (χ3n) is 4.05. The number of hydrogen-bond donors (Lipinski definition) is 0. The molecule has 0 aromatic heterocycles. The lowest BCUT2D eigenvalue weighted by molar-refractivity contribution is 0.347. The van der Waals surface area contributed by atoms with Gasteiger partial charge >= 0.3 is 0 Å². The zero-order chi connectivity index (χ0) is 11.7. The van der Waals surface area contributed by atoms with Gasteiger partial charge in [0.15, 0.2) is 0 Å². The predicted octanol–water partition coefficient (Wildman–Crippen LogP) is 4.79. The van der Waals surface area contributed by atoms with E-state index in [1.54, 1.807) is 0 Å². The Kier molecular flexibility index (Phi) is 3.48. The number of allylic oxidation sites excluding steroid dienone is 4. The molecule has 0 bridgehead atoms. The van der Waals surface area contributed by atoms with Gasteiger partial charge in [0.1, 0.15) is 0 Å². The van der Waals surface area contributed by atoms with Gasteiger partial charge in [0.25, 0.3) is 0 Å². The van der Waals surface area contributed by atoms with E-state index in [1.807, 2.05) is 0 Å². The molecule has 0 heteroatoms. The highest BCUT2D eigenvalue weighted by Gasteiger charge is 2.33. The van der Waals surface area contributed by atoms with Gasteiger partial charge in [-0.25, -0.2) is 0 Å². The highest BCUT2D eigenvalue weighted by Crippen LogP contribution is 2.44. The van der Waals surface area contributed by atoms with Gasteiger partial charge in [-0.05, 0) is 36.5 Å². The van der Waals surface area contributed by atoms with Gasteiger partial charge in [-0.1, -0.05) is 58.4 Å². The van der Waals surface area contributed by atoms with Crippen LogP contribution in [-0.2, 0) is 0 Å².